The first-order chi connectivity index (χ1) is 10.2. The van der Waals surface area contributed by atoms with Crippen molar-refractivity contribution >= 4 is 40.8 Å². The first-order valence-corrected chi connectivity index (χ1v) is 7.41. The summed E-state index contributed by atoms with van der Waals surface area (Å²) < 4.78 is 2.34. The second-order valence-electron chi connectivity index (χ2n) is 5.84. The van der Waals surface area contributed by atoms with Gasteiger partial charge in [-0.1, -0.05) is 54.9 Å². The second kappa shape index (κ2) is 4.66. The van der Waals surface area contributed by atoms with Crippen molar-refractivity contribution in [1.29, 1.82) is 0 Å². The lowest BCUT2D eigenvalue weighted by Crippen LogP contribution is -2.03. The first kappa shape index (κ1) is 12.5. The van der Waals surface area contributed by atoms with Gasteiger partial charge >= 0.3 is 0 Å². The fraction of sp³-hybridized carbons (Fsp3) is 0.158. The number of rotatable bonds is 1. The van der Waals surface area contributed by atoms with Gasteiger partial charge in [-0.2, -0.15) is 0 Å². The summed E-state index contributed by atoms with van der Waals surface area (Å²) in [5, 5.41) is 2.48. The summed E-state index contributed by atoms with van der Waals surface area (Å²) in [5.74, 6) is 0.579. The van der Waals surface area contributed by atoms with Crippen LogP contribution in [0.2, 0.25) is 0 Å². The molecule has 2 radical (unpaired) electrons. The molecule has 2 aromatic carbocycles. The summed E-state index contributed by atoms with van der Waals surface area (Å²) >= 11 is 0. The molecule has 0 aliphatic heterocycles. The van der Waals surface area contributed by atoms with Gasteiger partial charge in [0, 0.05) is 16.5 Å². The van der Waals surface area contributed by atoms with Gasteiger partial charge in [0.05, 0.1) is 11.0 Å². The molecule has 1 nitrogen and oxygen atoms in total. The van der Waals surface area contributed by atoms with Gasteiger partial charge in [0.25, 0.3) is 0 Å². The zero-order valence-electron chi connectivity index (χ0n) is 12.1. The van der Waals surface area contributed by atoms with Crippen LogP contribution in [0.1, 0.15) is 13.3 Å². The molecular weight excluding hydrogens is 253 g/mol. The Bertz CT molecular complexity index is 898. The molecule has 0 bridgehead atoms. The van der Waals surface area contributed by atoms with Crippen molar-refractivity contribution < 1.29 is 0 Å². The van der Waals surface area contributed by atoms with E-state index in [9.17, 15) is 0 Å². The molecule has 0 saturated carbocycles. The molecule has 1 aliphatic rings. The van der Waals surface area contributed by atoms with Crippen LogP contribution in [0.15, 0.2) is 60.7 Å². The molecule has 0 saturated heterocycles. The molecule has 0 N–H and O–H groups in total. The normalized spacial score (nSPS) is 18.3. The number of para-hydroxylation sites is 1. The maximum absolute atomic E-state index is 5.99. The molecule has 1 unspecified atom stereocenters. The molecule has 3 aromatic rings. The largest absolute Gasteiger partial charge is 0.310 e. The highest BCUT2D eigenvalue weighted by molar-refractivity contribution is 6.34. The molecule has 1 aliphatic carbocycles. The van der Waals surface area contributed by atoms with Crippen molar-refractivity contribution in [3.05, 3.63) is 60.7 Å². The Balaban J connectivity index is 2.13. The molecule has 1 atom stereocenters. The number of hydrogen-bond acceptors (Lipinski definition) is 0. The summed E-state index contributed by atoms with van der Waals surface area (Å²) in [5.41, 5.74) is 4.52. The molecule has 0 amide bonds. The fourth-order valence-electron chi connectivity index (χ4n) is 3.24. The Hall–Kier alpha value is -2.22. The van der Waals surface area contributed by atoms with Crippen LogP contribution >= 0.6 is 0 Å². The maximum atomic E-state index is 5.99. The van der Waals surface area contributed by atoms with E-state index >= 15 is 0 Å². The van der Waals surface area contributed by atoms with E-state index in [1.54, 1.807) is 0 Å². The third kappa shape index (κ3) is 1.94. The molecule has 100 valence electrons. The van der Waals surface area contributed by atoms with Crippen LogP contribution in [-0.2, 0) is 0 Å². The summed E-state index contributed by atoms with van der Waals surface area (Å²) in [6, 6.07) is 14.7. The Labute approximate surface area is 126 Å². The van der Waals surface area contributed by atoms with Crippen molar-refractivity contribution in [3.63, 3.8) is 0 Å². The smallest absolute Gasteiger partial charge is 0.113 e. The standard InChI is InChI=1S/C19H16BN/c1-13-5-4-6-15(11-13)21-18-8-3-2-7-16(18)17-12-14(20)9-10-19(17)21/h2-4,6-13H,5H2,1H3. The van der Waals surface area contributed by atoms with Gasteiger partial charge in [-0.05, 0) is 30.5 Å². The van der Waals surface area contributed by atoms with Crippen LogP contribution in [0.5, 0.6) is 0 Å². The molecule has 2 heteroatoms. The summed E-state index contributed by atoms with van der Waals surface area (Å²) in [6.07, 6.45) is 7.95. The predicted molar refractivity (Wildman–Crippen MR) is 92.0 cm³/mol. The van der Waals surface area contributed by atoms with Crippen LogP contribution in [0.3, 0.4) is 0 Å². The van der Waals surface area contributed by atoms with Gasteiger partial charge in [0.1, 0.15) is 7.85 Å². The Kier molecular flexibility index (Phi) is 2.78. The minimum atomic E-state index is 0.579. The highest BCUT2D eigenvalue weighted by Gasteiger charge is 2.14. The fourth-order valence-corrected chi connectivity index (χ4v) is 3.24. The van der Waals surface area contributed by atoms with Gasteiger partial charge in [-0.3, -0.25) is 0 Å². The number of nitrogens with zero attached hydrogens (tertiary/aromatic N) is 1. The van der Waals surface area contributed by atoms with Crippen molar-refractivity contribution in [2.45, 2.75) is 13.3 Å². The number of benzene rings is 2. The average Bonchev–Trinajstić information content (AvgIpc) is 2.81. The van der Waals surface area contributed by atoms with Crippen LogP contribution in [0, 0.1) is 5.92 Å². The number of hydrogen-bond donors (Lipinski definition) is 0. The van der Waals surface area contributed by atoms with E-state index in [0.29, 0.717) is 5.92 Å². The van der Waals surface area contributed by atoms with E-state index in [-0.39, 0.29) is 0 Å². The second-order valence-corrected chi connectivity index (χ2v) is 5.84. The van der Waals surface area contributed by atoms with Gasteiger partial charge in [0.2, 0.25) is 0 Å². The van der Waals surface area contributed by atoms with Crippen LogP contribution in [0.25, 0.3) is 27.5 Å². The topological polar surface area (TPSA) is 4.93 Å². The summed E-state index contributed by atoms with van der Waals surface area (Å²) in [6.45, 7) is 2.26. The van der Waals surface area contributed by atoms with Gasteiger partial charge in [0.15, 0.2) is 0 Å². The van der Waals surface area contributed by atoms with Gasteiger partial charge in [-0.25, -0.2) is 0 Å². The van der Waals surface area contributed by atoms with Crippen molar-refractivity contribution in [2.75, 3.05) is 0 Å². The minimum Gasteiger partial charge on any atom is -0.310 e. The van der Waals surface area contributed by atoms with Gasteiger partial charge in [-0.15, -0.1) is 0 Å². The Morgan fingerprint density at radius 2 is 1.86 bits per heavy atom. The van der Waals surface area contributed by atoms with Gasteiger partial charge < -0.3 is 4.57 Å². The van der Waals surface area contributed by atoms with Crippen LogP contribution in [-0.4, -0.2) is 12.4 Å². The molecular formula is C19H16BN. The van der Waals surface area contributed by atoms with Crippen molar-refractivity contribution in [2.24, 2.45) is 5.92 Å². The molecule has 21 heavy (non-hydrogen) atoms. The summed E-state index contributed by atoms with van der Waals surface area (Å²) in [7, 11) is 5.99. The lowest BCUT2D eigenvalue weighted by atomic mass is 9.94. The first-order valence-electron chi connectivity index (χ1n) is 7.41. The predicted octanol–water partition coefficient (Wildman–Crippen LogP) is 4.03. The third-order valence-corrected chi connectivity index (χ3v) is 4.21. The van der Waals surface area contributed by atoms with E-state index in [4.69, 9.17) is 7.85 Å². The zero-order valence-corrected chi connectivity index (χ0v) is 12.1. The highest BCUT2D eigenvalue weighted by atomic mass is 15.0. The molecule has 4 rings (SSSR count). The van der Waals surface area contributed by atoms with Crippen molar-refractivity contribution in [3.8, 4) is 0 Å². The molecule has 0 spiro atoms. The van der Waals surface area contributed by atoms with E-state index in [1.165, 1.54) is 27.5 Å². The Morgan fingerprint density at radius 3 is 2.71 bits per heavy atom. The van der Waals surface area contributed by atoms with Crippen molar-refractivity contribution in [1.82, 2.24) is 4.57 Å². The molecule has 1 heterocycles. The number of allylic oxidation sites excluding steroid dienone is 4. The minimum absolute atomic E-state index is 0.579. The number of aromatic nitrogens is 1. The zero-order chi connectivity index (χ0) is 14.4. The Morgan fingerprint density at radius 1 is 1.05 bits per heavy atom. The summed E-state index contributed by atoms with van der Waals surface area (Å²) in [4.78, 5) is 0. The molecule has 0 fully saturated rings. The average molecular weight is 269 g/mol. The maximum Gasteiger partial charge on any atom is 0.113 e. The molecule has 1 aromatic heterocycles. The lowest BCUT2D eigenvalue weighted by molar-refractivity contribution is 0.735. The highest BCUT2D eigenvalue weighted by Crippen LogP contribution is 2.33. The monoisotopic (exact) mass is 269 g/mol. The van der Waals surface area contributed by atoms with Crippen LogP contribution in [0.4, 0.5) is 0 Å². The van der Waals surface area contributed by atoms with E-state index in [0.717, 1.165) is 11.9 Å². The van der Waals surface area contributed by atoms with E-state index < -0.39 is 0 Å². The number of fused-ring (bicyclic) bond motifs is 3. The quantitative estimate of drug-likeness (QED) is 0.588. The van der Waals surface area contributed by atoms with E-state index in [1.807, 2.05) is 6.07 Å². The SMILES string of the molecule is [B]c1ccc2c(c1)c1ccccc1n2C1=CC(C)CC=C1. The van der Waals surface area contributed by atoms with Crippen LogP contribution < -0.4 is 5.46 Å². The lowest BCUT2D eigenvalue weighted by Gasteiger charge is -2.15. The third-order valence-electron chi connectivity index (χ3n) is 4.21. The van der Waals surface area contributed by atoms with E-state index in [2.05, 4.69) is 66.1 Å².